The Bertz CT molecular complexity index is 528. The highest BCUT2D eigenvalue weighted by atomic mass is 35.5. The summed E-state index contributed by atoms with van der Waals surface area (Å²) in [5, 5.41) is 12.7. The van der Waals surface area contributed by atoms with Gasteiger partial charge in [-0.25, -0.2) is 4.98 Å². The molecule has 0 aliphatic heterocycles. The molecule has 2 rings (SSSR count). The number of anilines is 1. The van der Waals surface area contributed by atoms with E-state index in [1.807, 2.05) is 12.1 Å². The quantitative estimate of drug-likeness (QED) is 0.872. The summed E-state index contributed by atoms with van der Waals surface area (Å²) in [7, 11) is 0. The molecular weight excluding hydrogens is 236 g/mol. The van der Waals surface area contributed by atoms with Crippen LogP contribution < -0.4 is 5.32 Å². The summed E-state index contributed by atoms with van der Waals surface area (Å²) >= 11 is 5.93. The van der Waals surface area contributed by atoms with Gasteiger partial charge in [-0.15, -0.1) is 0 Å². The molecule has 2 N–H and O–H groups in total. The highest BCUT2D eigenvalue weighted by molar-refractivity contribution is 6.32. The van der Waals surface area contributed by atoms with Gasteiger partial charge < -0.3 is 10.3 Å². The van der Waals surface area contributed by atoms with Crippen molar-refractivity contribution < 1.29 is 0 Å². The zero-order chi connectivity index (χ0) is 12.1. The third kappa shape index (κ3) is 2.77. The molecule has 0 amide bonds. The molecule has 86 valence electrons. The van der Waals surface area contributed by atoms with Gasteiger partial charge in [0.05, 0.1) is 22.6 Å². The Kier molecular flexibility index (Phi) is 3.63. The number of nitrogens with one attached hydrogen (secondary N) is 2. The molecule has 1 heterocycles. The van der Waals surface area contributed by atoms with Crippen molar-refractivity contribution in [2.24, 2.45) is 0 Å². The first-order valence-corrected chi connectivity index (χ1v) is 5.59. The minimum absolute atomic E-state index is 0.471. The Labute approximate surface area is 104 Å². The van der Waals surface area contributed by atoms with Gasteiger partial charge in [0.15, 0.2) is 0 Å². The lowest BCUT2D eigenvalue weighted by molar-refractivity contribution is 0.976. The van der Waals surface area contributed by atoms with E-state index in [0.29, 0.717) is 10.6 Å². The van der Waals surface area contributed by atoms with Crippen molar-refractivity contribution in [1.82, 2.24) is 9.97 Å². The van der Waals surface area contributed by atoms with Crippen LogP contribution in [0.2, 0.25) is 5.02 Å². The summed E-state index contributed by atoms with van der Waals surface area (Å²) in [5.74, 6) is 0. The minimum Gasteiger partial charge on any atom is -0.384 e. The van der Waals surface area contributed by atoms with E-state index in [2.05, 4.69) is 21.4 Å². The number of rotatable bonds is 4. The lowest BCUT2D eigenvalue weighted by atomic mass is 10.2. The zero-order valence-corrected chi connectivity index (χ0v) is 9.83. The van der Waals surface area contributed by atoms with Gasteiger partial charge in [-0.1, -0.05) is 17.7 Å². The number of nitriles is 1. The summed E-state index contributed by atoms with van der Waals surface area (Å²) < 4.78 is 0. The molecule has 4 nitrogen and oxygen atoms in total. The Hall–Kier alpha value is -1.99. The molecule has 5 heteroatoms. The minimum atomic E-state index is 0.471. The molecule has 1 aromatic heterocycles. The molecule has 0 aliphatic carbocycles. The summed E-state index contributed by atoms with van der Waals surface area (Å²) in [6.07, 6.45) is 4.25. The Morgan fingerprint density at radius 1 is 1.47 bits per heavy atom. The molecule has 0 spiro atoms. The number of halogens is 1. The molecule has 17 heavy (non-hydrogen) atoms. The predicted octanol–water partition coefficient (Wildman–Crippen LogP) is 2.59. The predicted molar refractivity (Wildman–Crippen MR) is 66.9 cm³/mol. The van der Waals surface area contributed by atoms with Crippen LogP contribution in [-0.4, -0.2) is 16.5 Å². The second-order valence-corrected chi connectivity index (χ2v) is 3.94. The number of benzene rings is 1. The fourth-order valence-corrected chi connectivity index (χ4v) is 1.76. The maximum Gasteiger partial charge on any atom is 0.103 e. The number of hydrogen-bond acceptors (Lipinski definition) is 3. The van der Waals surface area contributed by atoms with Crippen molar-refractivity contribution in [2.45, 2.75) is 6.42 Å². The van der Waals surface area contributed by atoms with Crippen LogP contribution in [0.5, 0.6) is 0 Å². The lowest BCUT2D eigenvalue weighted by Gasteiger charge is -2.08. The van der Waals surface area contributed by atoms with Crippen LogP contribution in [-0.2, 0) is 6.42 Å². The Morgan fingerprint density at radius 3 is 3.06 bits per heavy atom. The van der Waals surface area contributed by atoms with E-state index in [1.54, 1.807) is 18.6 Å². The fourth-order valence-electron chi connectivity index (χ4n) is 1.54. The number of hydrogen-bond donors (Lipinski definition) is 2. The molecule has 2 aromatic rings. The second-order valence-electron chi connectivity index (χ2n) is 3.53. The van der Waals surface area contributed by atoms with Gasteiger partial charge in [-0.05, 0) is 12.1 Å². The van der Waals surface area contributed by atoms with Gasteiger partial charge >= 0.3 is 0 Å². The fraction of sp³-hybridized carbons (Fsp3) is 0.167. The maximum absolute atomic E-state index is 8.99. The topological polar surface area (TPSA) is 64.5 Å². The first kappa shape index (κ1) is 11.5. The van der Waals surface area contributed by atoms with Crippen molar-refractivity contribution in [3.63, 3.8) is 0 Å². The van der Waals surface area contributed by atoms with Gasteiger partial charge in [0.2, 0.25) is 0 Å². The van der Waals surface area contributed by atoms with Crippen LogP contribution in [0.3, 0.4) is 0 Å². The molecule has 0 saturated carbocycles. The first-order chi connectivity index (χ1) is 8.31. The number of H-pyrrole nitrogens is 1. The molecule has 0 fully saturated rings. The summed E-state index contributed by atoms with van der Waals surface area (Å²) in [6.45, 7) is 0.719. The average Bonchev–Trinajstić information content (AvgIpc) is 2.82. The molecule has 0 unspecified atom stereocenters. The van der Waals surface area contributed by atoms with E-state index in [4.69, 9.17) is 16.9 Å². The van der Waals surface area contributed by atoms with E-state index in [0.717, 1.165) is 24.3 Å². The van der Waals surface area contributed by atoms with E-state index in [1.165, 1.54) is 0 Å². The number of aromatic nitrogens is 2. The SMILES string of the molecule is N#Cc1c(Cl)cccc1NCCc1cnc[nH]1. The number of nitrogens with zero attached hydrogens (tertiary/aromatic N) is 2. The lowest BCUT2D eigenvalue weighted by Crippen LogP contribution is -2.06. The van der Waals surface area contributed by atoms with Crippen molar-refractivity contribution in [3.05, 3.63) is 47.0 Å². The monoisotopic (exact) mass is 246 g/mol. The molecule has 0 atom stereocenters. The normalized spacial score (nSPS) is 9.88. The van der Waals surface area contributed by atoms with Crippen LogP contribution in [0, 0.1) is 11.3 Å². The molecule has 0 bridgehead atoms. The number of imidazole rings is 1. The van der Waals surface area contributed by atoms with Crippen molar-refractivity contribution in [2.75, 3.05) is 11.9 Å². The highest BCUT2D eigenvalue weighted by Gasteiger charge is 2.05. The van der Waals surface area contributed by atoms with Gasteiger partial charge in [0.1, 0.15) is 6.07 Å². The second kappa shape index (κ2) is 5.37. The third-order valence-corrected chi connectivity index (χ3v) is 2.71. The van der Waals surface area contributed by atoms with Gasteiger partial charge in [-0.3, -0.25) is 0 Å². The van der Waals surface area contributed by atoms with Crippen molar-refractivity contribution in [3.8, 4) is 6.07 Å². The first-order valence-electron chi connectivity index (χ1n) is 5.21. The van der Waals surface area contributed by atoms with E-state index in [9.17, 15) is 0 Å². The average molecular weight is 247 g/mol. The van der Waals surface area contributed by atoms with E-state index in [-0.39, 0.29) is 0 Å². The molecular formula is C12H11ClN4. The van der Waals surface area contributed by atoms with Gasteiger partial charge in [-0.2, -0.15) is 5.26 Å². The van der Waals surface area contributed by atoms with Crippen LogP contribution in [0.1, 0.15) is 11.3 Å². The van der Waals surface area contributed by atoms with E-state index >= 15 is 0 Å². The smallest absolute Gasteiger partial charge is 0.103 e. The molecule has 0 radical (unpaired) electrons. The summed E-state index contributed by atoms with van der Waals surface area (Å²) in [4.78, 5) is 6.96. The largest absolute Gasteiger partial charge is 0.384 e. The van der Waals surface area contributed by atoms with E-state index < -0.39 is 0 Å². The zero-order valence-electron chi connectivity index (χ0n) is 9.07. The van der Waals surface area contributed by atoms with Crippen LogP contribution >= 0.6 is 11.6 Å². The Balaban J connectivity index is 2.00. The molecule has 0 saturated heterocycles. The summed E-state index contributed by atoms with van der Waals surface area (Å²) in [6, 6.07) is 7.47. The van der Waals surface area contributed by atoms with Gasteiger partial charge in [0.25, 0.3) is 0 Å². The third-order valence-electron chi connectivity index (χ3n) is 2.39. The van der Waals surface area contributed by atoms with Crippen molar-refractivity contribution in [1.29, 1.82) is 5.26 Å². The molecule has 0 aliphatic rings. The molecule has 1 aromatic carbocycles. The maximum atomic E-state index is 8.99. The van der Waals surface area contributed by atoms with Crippen molar-refractivity contribution >= 4 is 17.3 Å². The summed E-state index contributed by atoms with van der Waals surface area (Å²) in [5.41, 5.74) is 2.30. The van der Waals surface area contributed by atoms with Gasteiger partial charge in [0, 0.05) is 24.9 Å². The Morgan fingerprint density at radius 2 is 2.35 bits per heavy atom. The standard InChI is InChI=1S/C12H11ClN4/c13-11-2-1-3-12(10(11)6-14)16-5-4-9-7-15-8-17-9/h1-3,7-8,16H,4-5H2,(H,15,17). The van der Waals surface area contributed by atoms with Crippen LogP contribution in [0.4, 0.5) is 5.69 Å². The van der Waals surface area contributed by atoms with Crippen LogP contribution in [0.25, 0.3) is 0 Å². The number of aromatic amines is 1. The highest BCUT2D eigenvalue weighted by Crippen LogP contribution is 2.22. The van der Waals surface area contributed by atoms with Crippen LogP contribution in [0.15, 0.2) is 30.7 Å².